The number of guanidine groups is 1. The lowest BCUT2D eigenvalue weighted by molar-refractivity contribution is 0.330. The highest BCUT2D eigenvalue weighted by molar-refractivity contribution is 7.07. The Labute approximate surface area is 145 Å². The molecule has 1 aromatic heterocycles. The van der Waals surface area contributed by atoms with Crippen molar-refractivity contribution in [2.45, 2.75) is 45.4 Å². The molecule has 23 heavy (non-hydrogen) atoms. The van der Waals surface area contributed by atoms with Gasteiger partial charge >= 0.3 is 0 Å². The predicted octanol–water partition coefficient (Wildman–Crippen LogP) is 3.28. The summed E-state index contributed by atoms with van der Waals surface area (Å²) in [4.78, 5) is 7.32. The van der Waals surface area contributed by atoms with E-state index >= 15 is 0 Å². The molecule has 5 heteroatoms. The summed E-state index contributed by atoms with van der Waals surface area (Å²) in [5.41, 5.74) is 1.39. The van der Waals surface area contributed by atoms with Gasteiger partial charge in [-0.3, -0.25) is 4.99 Å². The van der Waals surface area contributed by atoms with E-state index in [-0.39, 0.29) is 0 Å². The molecule has 0 aliphatic carbocycles. The Kier molecular flexibility index (Phi) is 8.47. The molecular weight excluding hydrogens is 304 g/mol. The summed E-state index contributed by atoms with van der Waals surface area (Å²) in [7, 11) is 0. The first-order valence-electron chi connectivity index (χ1n) is 9.06. The van der Waals surface area contributed by atoms with Crippen LogP contribution in [0.1, 0.15) is 51.0 Å². The van der Waals surface area contributed by atoms with Crippen molar-refractivity contribution in [2.24, 2.45) is 4.99 Å². The third-order valence-corrected chi connectivity index (χ3v) is 5.07. The molecule has 0 bridgehead atoms. The van der Waals surface area contributed by atoms with E-state index in [1.54, 1.807) is 11.3 Å². The van der Waals surface area contributed by atoms with Crippen LogP contribution in [-0.4, -0.2) is 50.1 Å². The lowest BCUT2D eigenvalue weighted by Gasteiger charge is -2.15. The summed E-state index contributed by atoms with van der Waals surface area (Å²) in [6.07, 6.45) is 5.26. The Morgan fingerprint density at radius 3 is 2.83 bits per heavy atom. The number of hydrogen-bond acceptors (Lipinski definition) is 3. The fourth-order valence-corrected chi connectivity index (χ4v) is 3.69. The Hall–Kier alpha value is -1.07. The molecule has 4 nitrogen and oxygen atoms in total. The van der Waals surface area contributed by atoms with E-state index in [1.165, 1.54) is 50.9 Å². The van der Waals surface area contributed by atoms with Crippen LogP contribution in [0.3, 0.4) is 0 Å². The minimum Gasteiger partial charge on any atom is -0.357 e. The number of aliphatic imine (C=N–C) groups is 1. The second kappa shape index (κ2) is 10.7. The molecule has 2 rings (SSSR count). The Morgan fingerprint density at radius 1 is 1.30 bits per heavy atom. The third kappa shape index (κ3) is 6.92. The van der Waals surface area contributed by atoms with Crippen molar-refractivity contribution in [3.8, 4) is 0 Å². The number of likely N-dealkylation sites (tertiary alicyclic amines) is 1. The molecule has 2 heterocycles. The van der Waals surface area contributed by atoms with Gasteiger partial charge in [-0.15, -0.1) is 0 Å². The molecule has 2 N–H and O–H groups in total. The lowest BCUT2D eigenvalue weighted by atomic mass is 10.1. The van der Waals surface area contributed by atoms with Gasteiger partial charge in [0.25, 0.3) is 0 Å². The number of nitrogens with zero attached hydrogens (tertiary/aromatic N) is 2. The highest BCUT2D eigenvalue weighted by Gasteiger charge is 2.10. The zero-order valence-corrected chi connectivity index (χ0v) is 15.5. The molecule has 0 spiro atoms. The zero-order chi connectivity index (χ0) is 16.3. The average molecular weight is 337 g/mol. The standard InChI is InChI=1S/C18H32N4S/c1-3-19-18(21-14-16(2)17-8-13-23-15-17)20-9-4-5-10-22-11-6-7-12-22/h8,13,15-16H,3-7,9-12,14H2,1-2H3,(H2,19,20,21). The van der Waals surface area contributed by atoms with Crippen LogP contribution in [0, 0.1) is 0 Å². The van der Waals surface area contributed by atoms with Gasteiger partial charge in [0.05, 0.1) is 0 Å². The molecule has 1 saturated heterocycles. The molecule has 1 aliphatic heterocycles. The molecule has 1 atom stereocenters. The fraction of sp³-hybridized carbons (Fsp3) is 0.722. The van der Waals surface area contributed by atoms with Gasteiger partial charge in [0.2, 0.25) is 0 Å². The molecule has 1 aromatic rings. The van der Waals surface area contributed by atoms with Crippen LogP contribution < -0.4 is 10.6 Å². The SMILES string of the molecule is CCNC(=NCC(C)c1ccsc1)NCCCCN1CCCC1. The molecule has 0 radical (unpaired) electrons. The first-order valence-corrected chi connectivity index (χ1v) is 10.0. The van der Waals surface area contributed by atoms with E-state index in [0.29, 0.717) is 5.92 Å². The maximum Gasteiger partial charge on any atom is 0.191 e. The molecule has 0 saturated carbocycles. The van der Waals surface area contributed by atoms with Crippen LogP contribution in [0.5, 0.6) is 0 Å². The van der Waals surface area contributed by atoms with Crippen LogP contribution in [0.15, 0.2) is 21.8 Å². The van der Waals surface area contributed by atoms with Crippen molar-refractivity contribution < 1.29 is 0 Å². The van der Waals surface area contributed by atoms with Gasteiger partial charge in [0.1, 0.15) is 0 Å². The summed E-state index contributed by atoms with van der Waals surface area (Å²) < 4.78 is 0. The summed E-state index contributed by atoms with van der Waals surface area (Å²) >= 11 is 1.76. The third-order valence-electron chi connectivity index (χ3n) is 4.37. The van der Waals surface area contributed by atoms with Crippen molar-refractivity contribution >= 4 is 17.3 Å². The molecule has 0 aromatic carbocycles. The van der Waals surface area contributed by atoms with E-state index in [4.69, 9.17) is 4.99 Å². The monoisotopic (exact) mass is 336 g/mol. The number of hydrogen-bond donors (Lipinski definition) is 2. The van der Waals surface area contributed by atoms with Crippen LogP contribution >= 0.6 is 11.3 Å². The van der Waals surface area contributed by atoms with Gasteiger partial charge in [-0.05, 0) is 74.6 Å². The van der Waals surface area contributed by atoms with Crippen LogP contribution in [-0.2, 0) is 0 Å². The van der Waals surface area contributed by atoms with Crippen molar-refractivity contribution in [1.29, 1.82) is 0 Å². The molecule has 130 valence electrons. The van der Waals surface area contributed by atoms with Gasteiger partial charge in [-0.25, -0.2) is 0 Å². The predicted molar refractivity (Wildman–Crippen MR) is 102 cm³/mol. The summed E-state index contributed by atoms with van der Waals surface area (Å²) in [5.74, 6) is 1.43. The van der Waals surface area contributed by atoms with Crippen molar-refractivity contribution in [3.63, 3.8) is 0 Å². The largest absolute Gasteiger partial charge is 0.357 e. The minimum absolute atomic E-state index is 0.479. The molecule has 1 aliphatic rings. The van der Waals surface area contributed by atoms with Crippen LogP contribution in [0.2, 0.25) is 0 Å². The van der Waals surface area contributed by atoms with E-state index in [9.17, 15) is 0 Å². The first kappa shape index (κ1) is 18.3. The fourth-order valence-electron chi connectivity index (χ4n) is 2.90. The van der Waals surface area contributed by atoms with Gasteiger partial charge in [-0.2, -0.15) is 11.3 Å². The summed E-state index contributed by atoms with van der Waals surface area (Å²) in [6.45, 7) is 11.0. The minimum atomic E-state index is 0.479. The molecule has 1 fully saturated rings. The topological polar surface area (TPSA) is 39.7 Å². The van der Waals surface area contributed by atoms with Crippen molar-refractivity contribution in [2.75, 3.05) is 39.3 Å². The summed E-state index contributed by atoms with van der Waals surface area (Å²) in [5, 5.41) is 11.2. The smallest absolute Gasteiger partial charge is 0.191 e. The molecular formula is C18H32N4S. The van der Waals surface area contributed by atoms with Gasteiger partial charge in [-0.1, -0.05) is 6.92 Å². The van der Waals surface area contributed by atoms with Gasteiger partial charge < -0.3 is 15.5 Å². The van der Waals surface area contributed by atoms with E-state index in [1.807, 2.05) is 0 Å². The van der Waals surface area contributed by atoms with Gasteiger partial charge in [0, 0.05) is 25.6 Å². The lowest BCUT2D eigenvalue weighted by Crippen LogP contribution is -2.38. The highest BCUT2D eigenvalue weighted by Crippen LogP contribution is 2.18. The average Bonchev–Trinajstić information content (AvgIpc) is 3.25. The maximum absolute atomic E-state index is 4.73. The van der Waals surface area contributed by atoms with Crippen LogP contribution in [0.4, 0.5) is 0 Å². The van der Waals surface area contributed by atoms with Crippen molar-refractivity contribution in [1.82, 2.24) is 15.5 Å². The van der Waals surface area contributed by atoms with E-state index in [2.05, 4.69) is 46.2 Å². The Bertz CT molecular complexity index is 438. The highest BCUT2D eigenvalue weighted by atomic mass is 32.1. The van der Waals surface area contributed by atoms with E-state index in [0.717, 1.165) is 25.6 Å². The number of nitrogens with one attached hydrogen (secondary N) is 2. The number of thiophene rings is 1. The summed E-state index contributed by atoms with van der Waals surface area (Å²) in [6, 6.07) is 2.20. The second-order valence-corrected chi connectivity index (χ2v) is 7.14. The van der Waals surface area contributed by atoms with Crippen LogP contribution in [0.25, 0.3) is 0 Å². The normalized spacial score (nSPS) is 17.4. The first-order chi connectivity index (χ1) is 11.3. The second-order valence-electron chi connectivity index (χ2n) is 6.36. The zero-order valence-electron chi connectivity index (χ0n) is 14.7. The number of unbranched alkanes of at least 4 members (excludes halogenated alkanes) is 1. The van der Waals surface area contributed by atoms with E-state index < -0.39 is 0 Å². The van der Waals surface area contributed by atoms with Crippen molar-refractivity contribution in [3.05, 3.63) is 22.4 Å². The Morgan fingerprint density at radius 2 is 2.13 bits per heavy atom. The molecule has 0 amide bonds. The maximum atomic E-state index is 4.73. The quantitative estimate of drug-likeness (QED) is 0.413. The Balaban J connectivity index is 1.64. The number of rotatable bonds is 9. The molecule has 1 unspecified atom stereocenters. The van der Waals surface area contributed by atoms with Gasteiger partial charge in [0.15, 0.2) is 5.96 Å².